The highest BCUT2D eigenvalue weighted by Gasteiger charge is 2.18. The zero-order valence-electron chi connectivity index (χ0n) is 18.0. The number of carbonyl (C=O) groups excluding carboxylic acids is 2. The van der Waals surface area contributed by atoms with E-state index in [1.54, 1.807) is 11.7 Å². The van der Waals surface area contributed by atoms with Crippen molar-refractivity contribution in [2.75, 3.05) is 18.2 Å². The molecule has 0 saturated carbocycles. The first-order chi connectivity index (χ1) is 15.4. The molecule has 0 radical (unpaired) electrons. The molecule has 0 bridgehead atoms. The molecule has 1 heterocycles. The van der Waals surface area contributed by atoms with E-state index in [-0.39, 0.29) is 30.0 Å². The van der Waals surface area contributed by atoms with Gasteiger partial charge in [-0.05, 0) is 48.9 Å². The summed E-state index contributed by atoms with van der Waals surface area (Å²) < 4.78 is 7.87. The minimum Gasteiger partial charge on any atom is -0.497 e. The van der Waals surface area contributed by atoms with Crippen LogP contribution in [-0.4, -0.2) is 39.4 Å². The second kappa shape index (κ2) is 11.1. The van der Waals surface area contributed by atoms with Gasteiger partial charge in [-0.2, -0.15) is 0 Å². The summed E-state index contributed by atoms with van der Waals surface area (Å²) >= 11 is 4.65. The maximum atomic E-state index is 12.4. The number of aromatic nitrogens is 3. The second-order valence-electron chi connectivity index (χ2n) is 7.06. The van der Waals surface area contributed by atoms with E-state index in [1.807, 2.05) is 62.5 Å². The van der Waals surface area contributed by atoms with Gasteiger partial charge in [0.05, 0.1) is 25.3 Å². The quantitative estimate of drug-likeness (QED) is 0.419. The predicted octanol–water partition coefficient (Wildman–Crippen LogP) is 3.74. The zero-order chi connectivity index (χ0) is 23.1. The van der Waals surface area contributed by atoms with Gasteiger partial charge in [-0.1, -0.05) is 39.8 Å². The number of hydrogen-bond acceptors (Lipinski definition) is 6. The van der Waals surface area contributed by atoms with Crippen LogP contribution in [0.4, 0.5) is 5.69 Å². The number of rotatable bonds is 9. The molecule has 1 atom stereocenters. The molecule has 0 aliphatic carbocycles. The molecule has 1 aromatic heterocycles. The number of hydrogen-bond donors (Lipinski definition) is 2. The molecule has 0 unspecified atom stereocenters. The van der Waals surface area contributed by atoms with E-state index in [1.165, 1.54) is 11.8 Å². The number of nitrogens with zero attached hydrogens (tertiary/aromatic N) is 3. The largest absolute Gasteiger partial charge is 0.497 e. The Kier molecular flexibility index (Phi) is 8.29. The van der Waals surface area contributed by atoms with Gasteiger partial charge < -0.3 is 19.9 Å². The van der Waals surface area contributed by atoms with Gasteiger partial charge in [-0.3, -0.25) is 9.59 Å². The van der Waals surface area contributed by atoms with Crippen molar-refractivity contribution in [3.05, 3.63) is 64.4 Å². The fraction of sp³-hybridized carbons (Fsp3) is 0.273. The Morgan fingerprint density at radius 1 is 1.09 bits per heavy atom. The molecule has 0 fully saturated rings. The molecule has 3 aromatic rings. The highest BCUT2D eigenvalue weighted by atomic mass is 79.9. The van der Waals surface area contributed by atoms with Crippen LogP contribution in [0.5, 0.6) is 5.75 Å². The third-order valence-corrected chi connectivity index (χ3v) is 6.17. The van der Waals surface area contributed by atoms with E-state index in [0.717, 1.165) is 21.5 Å². The number of amides is 2. The molecule has 8 nitrogen and oxygen atoms in total. The Morgan fingerprint density at radius 3 is 2.44 bits per heavy atom. The lowest BCUT2D eigenvalue weighted by atomic mass is 10.1. The number of thioether (sulfide) groups is 1. The summed E-state index contributed by atoms with van der Waals surface area (Å²) in [5, 5.41) is 14.7. The molecule has 32 heavy (non-hydrogen) atoms. The SMILES string of the molecule is COc1ccc(CC(=O)N[C@@H](C)c2nnc(SCC(=O)Nc3ccc(Br)cc3)n2C)cc1. The van der Waals surface area contributed by atoms with E-state index < -0.39 is 0 Å². The first-order valence-electron chi connectivity index (χ1n) is 9.85. The Morgan fingerprint density at radius 2 is 1.78 bits per heavy atom. The van der Waals surface area contributed by atoms with Crippen LogP contribution < -0.4 is 15.4 Å². The van der Waals surface area contributed by atoms with Gasteiger partial charge >= 0.3 is 0 Å². The van der Waals surface area contributed by atoms with Crippen LogP contribution in [0, 0.1) is 0 Å². The maximum Gasteiger partial charge on any atom is 0.234 e. The van der Waals surface area contributed by atoms with E-state index in [2.05, 4.69) is 36.8 Å². The molecule has 168 valence electrons. The molecular weight excluding hydrogens is 494 g/mol. The van der Waals surface area contributed by atoms with Crippen LogP contribution in [-0.2, 0) is 23.1 Å². The summed E-state index contributed by atoms with van der Waals surface area (Å²) in [5.74, 6) is 1.30. The first-order valence-corrected chi connectivity index (χ1v) is 11.6. The van der Waals surface area contributed by atoms with E-state index in [4.69, 9.17) is 4.74 Å². The topological polar surface area (TPSA) is 98.1 Å². The number of benzene rings is 2. The molecule has 2 N–H and O–H groups in total. The lowest BCUT2D eigenvalue weighted by Crippen LogP contribution is -2.29. The standard InChI is InChI=1S/C22H24BrN5O3S/c1-14(24-19(29)12-15-4-10-18(31-3)11-5-15)21-26-27-22(28(21)2)32-13-20(30)25-17-8-6-16(23)7-9-17/h4-11,14H,12-13H2,1-3H3,(H,24,29)(H,25,30)/t14-/m0/s1. The minimum absolute atomic E-state index is 0.117. The van der Waals surface area contributed by atoms with Crippen LogP contribution in [0.3, 0.4) is 0 Å². The second-order valence-corrected chi connectivity index (χ2v) is 8.92. The molecule has 3 rings (SSSR count). The molecule has 0 saturated heterocycles. The summed E-state index contributed by atoms with van der Waals surface area (Å²) in [4.78, 5) is 24.6. The van der Waals surface area contributed by atoms with E-state index in [0.29, 0.717) is 11.0 Å². The predicted molar refractivity (Wildman–Crippen MR) is 128 cm³/mol. The molecule has 2 aromatic carbocycles. The average Bonchev–Trinajstić information content (AvgIpc) is 3.15. The van der Waals surface area contributed by atoms with Crippen molar-refractivity contribution < 1.29 is 14.3 Å². The molecule has 0 spiro atoms. The number of anilines is 1. The van der Waals surface area contributed by atoms with Crippen molar-refractivity contribution in [3.8, 4) is 5.75 Å². The van der Waals surface area contributed by atoms with Crippen molar-refractivity contribution >= 4 is 45.2 Å². The molecule has 0 aliphatic rings. The summed E-state index contributed by atoms with van der Waals surface area (Å²) in [6.07, 6.45) is 0.254. The zero-order valence-corrected chi connectivity index (χ0v) is 20.4. The number of halogens is 1. The third kappa shape index (κ3) is 6.57. The van der Waals surface area contributed by atoms with Crippen molar-refractivity contribution in [3.63, 3.8) is 0 Å². The van der Waals surface area contributed by atoms with Gasteiger partial charge in [0.2, 0.25) is 11.8 Å². The van der Waals surface area contributed by atoms with Crippen molar-refractivity contribution in [1.82, 2.24) is 20.1 Å². The third-order valence-electron chi connectivity index (χ3n) is 4.62. The summed E-state index contributed by atoms with van der Waals surface area (Å²) in [5.41, 5.74) is 1.62. The van der Waals surface area contributed by atoms with Gasteiger partial charge in [0.1, 0.15) is 5.75 Å². The lowest BCUT2D eigenvalue weighted by molar-refractivity contribution is -0.121. The number of carbonyl (C=O) groups is 2. The van der Waals surface area contributed by atoms with Gasteiger partial charge in [0, 0.05) is 17.2 Å². The molecule has 0 aliphatic heterocycles. The van der Waals surface area contributed by atoms with Crippen LogP contribution >= 0.6 is 27.7 Å². The Labute approximate surface area is 199 Å². The highest BCUT2D eigenvalue weighted by molar-refractivity contribution is 9.10. The van der Waals surface area contributed by atoms with Crippen LogP contribution in [0.2, 0.25) is 0 Å². The molecular formula is C22H24BrN5O3S. The van der Waals surface area contributed by atoms with Gasteiger partial charge in [0.25, 0.3) is 0 Å². The molecule has 2 amide bonds. The smallest absolute Gasteiger partial charge is 0.234 e. The summed E-state index contributed by atoms with van der Waals surface area (Å²) in [6.45, 7) is 1.85. The Balaban J connectivity index is 1.51. The van der Waals surface area contributed by atoms with Crippen molar-refractivity contribution in [2.45, 2.75) is 24.5 Å². The summed E-state index contributed by atoms with van der Waals surface area (Å²) in [6, 6.07) is 14.4. The van der Waals surface area contributed by atoms with E-state index >= 15 is 0 Å². The molecule has 10 heteroatoms. The normalized spacial score (nSPS) is 11.6. The number of methoxy groups -OCH3 is 1. The van der Waals surface area contributed by atoms with Crippen LogP contribution in [0.25, 0.3) is 0 Å². The first kappa shape index (κ1) is 23.8. The van der Waals surface area contributed by atoms with Crippen molar-refractivity contribution in [1.29, 1.82) is 0 Å². The minimum atomic E-state index is -0.329. The maximum absolute atomic E-state index is 12.4. The van der Waals surface area contributed by atoms with Gasteiger partial charge in [-0.15, -0.1) is 10.2 Å². The number of nitrogens with one attached hydrogen (secondary N) is 2. The fourth-order valence-corrected chi connectivity index (χ4v) is 3.96. The Bertz CT molecular complexity index is 1070. The Hall–Kier alpha value is -2.85. The average molecular weight is 518 g/mol. The fourth-order valence-electron chi connectivity index (χ4n) is 2.98. The lowest BCUT2D eigenvalue weighted by Gasteiger charge is -2.14. The van der Waals surface area contributed by atoms with Crippen LogP contribution in [0.1, 0.15) is 24.4 Å². The van der Waals surface area contributed by atoms with Gasteiger partial charge in [-0.25, -0.2) is 0 Å². The van der Waals surface area contributed by atoms with E-state index in [9.17, 15) is 9.59 Å². The highest BCUT2D eigenvalue weighted by Crippen LogP contribution is 2.20. The number of ether oxygens (including phenoxy) is 1. The van der Waals surface area contributed by atoms with Gasteiger partial charge in [0.15, 0.2) is 11.0 Å². The monoisotopic (exact) mass is 517 g/mol. The van der Waals surface area contributed by atoms with Crippen molar-refractivity contribution in [2.24, 2.45) is 7.05 Å². The van der Waals surface area contributed by atoms with Crippen LogP contribution in [0.15, 0.2) is 58.2 Å². The summed E-state index contributed by atoms with van der Waals surface area (Å²) in [7, 11) is 3.42.